The Morgan fingerprint density at radius 2 is 1.72 bits per heavy atom. The van der Waals surface area contributed by atoms with Gasteiger partial charge in [-0.25, -0.2) is 0 Å². The molecule has 150 valence electrons. The number of rotatable bonds is 6. The topological polar surface area (TPSA) is 67.4 Å². The van der Waals surface area contributed by atoms with Crippen molar-refractivity contribution >= 4 is 57.0 Å². The summed E-state index contributed by atoms with van der Waals surface area (Å²) in [5.74, 6) is -0.224. The summed E-state index contributed by atoms with van der Waals surface area (Å²) in [4.78, 5) is 25.7. The minimum atomic E-state index is -0.336. The van der Waals surface area contributed by atoms with Crippen molar-refractivity contribution in [2.24, 2.45) is 0 Å². The molecule has 5 nitrogen and oxygen atoms in total. The molecule has 0 bridgehead atoms. The van der Waals surface area contributed by atoms with E-state index < -0.39 is 0 Å². The lowest BCUT2D eigenvalue weighted by atomic mass is 10.2. The molecule has 0 aliphatic carbocycles. The minimum absolute atomic E-state index is 0.311. The summed E-state index contributed by atoms with van der Waals surface area (Å²) < 4.78 is 5.54. The maximum Gasteiger partial charge on any atom is 0.266 e. The third-order valence-electron chi connectivity index (χ3n) is 3.98. The summed E-state index contributed by atoms with van der Waals surface area (Å²) in [6.07, 6.45) is 0. The normalized spacial score (nSPS) is 10.5. The Bertz CT molecular complexity index is 1070. The Morgan fingerprint density at radius 1 is 1.00 bits per heavy atom. The molecule has 0 atom stereocenters. The highest BCUT2D eigenvalue weighted by Crippen LogP contribution is 2.34. The molecule has 0 radical (unpaired) electrons. The largest absolute Gasteiger partial charge is 0.490 e. The van der Waals surface area contributed by atoms with Crippen molar-refractivity contribution in [2.45, 2.75) is 13.8 Å². The molecule has 0 saturated carbocycles. The molecular weight excluding hydrogens is 431 g/mol. The van der Waals surface area contributed by atoms with Crippen LogP contribution in [0.1, 0.15) is 32.5 Å². The number of aryl methyl sites for hydroxylation is 1. The highest BCUT2D eigenvalue weighted by Gasteiger charge is 2.18. The van der Waals surface area contributed by atoms with E-state index in [1.165, 1.54) is 11.3 Å². The first-order valence-electron chi connectivity index (χ1n) is 8.79. The van der Waals surface area contributed by atoms with Gasteiger partial charge in [-0.1, -0.05) is 41.4 Å². The molecule has 2 N–H and O–H groups in total. The molecule has 1 heterocycles. The first kappa shape index (κ1) is 21.2. The third-order valence-corrected chi connectivity index (χ3v) is 5.76. The summed E-state index contributed by atoms with van der Waals surface area (Å²) >= 11 is 13.4. The van der Waals surface area contributed by atoms with Crippen LogP contribution < -0.4 is 15.4 Å². The average Bonchev–Trinajstić information content (AvgIpc) is 3.05. The Balaban J connectivity index is 1.78. The molecule has 0 aliphatic heterocycles. The minimum Gasteiger partial charge on any atom is -0.490 e. The van der Waals surface area contributed by atoms with Crippen LogP contribution in [0.4, 0.5) is 10.7 Å². The first-order chi connectivity index (χ1) is 13.9. The number of carbonyl (C=O) groups is 2. The molecule has 1 aromatic heterocycles. The third kappa shape index (κ3) is 4.90. The van der Waals surface area contributed by atoms with Crippen LogP contribution >= 0.6 is 34.5 Å². The maximum atomic E-state index is 12.8. The zero-order valence-corrected chi connectivity index (χ0v) is 18.0. The van der Waals surface area contributed by atoms with E-state index in [-0.39, 0.29) is 11.8 Å². The van der Waals surface area contributed by atoms with Gasteiger partial charge in [0, 0.05) is 0 Å². The quantitative estimate of drug-likeness (QED) is 0.466. The number of thiophene rings is 1. The Morgan fingerprint density at radius 3 is 2.45 bits per heavy atom. The SMILES string of the molecule is CCOc1c(Cl)cccc1NC(=O)c1sc(NC(=O)c2ccccc2Cl)cc1C. The number of nitrogens with one attached hydrogen (secondary N) is 2. The molecule has 0 saturated heterocycles. The van der Waals surface area contributed by atoms with Crippen molar-refractivity contribution < 1.29 is 14.3 Å². The van der Waals surface area contributed by atoms with Crippen LogP contribution in [0.3, 0.4) is 0 Å². The van der Waals surface area contributed by atoms with Gasteiger partial charge in [-0.2, -0.15) is 0 Å². The van der Waals surface area contributed by atoms with Crippen LogP contribution in [0.25, 0.3) is 0 Å². The molecule has 0 spiro atoms. The van der Waals surface area contributed by atoms with E-state index in [2.05, 4.69) is 10.6 Å². The zero-order valence-electron chi connectivity index (χ0n) is 15.7. The molecule has 0 aliphatic rings. The lowest BCUT2D eigenvalue weighted by molar-refractivity contribution is 0.102. The number of hydrogen-bond donors (Lipinski definition) is 2. The summed E-state index contributed by atoms with van der Waals surface area (Å²) in [5, 5.41) is 6.95. The maximum absolute atomic E-state index is 12.8. The number of halogens is 2. The van der Waals surface area contributed by atoms with Gasteiger partial charge < -0.3 is 15.4 Å². The number of hydrogen-bond acceptors (Lipinski definition) is 4. The van der Waals surface area contributed by atoms with Crippen LogP contribution in [0.2, 0.25) is 10.0 Å². The van der Waals surface area contributed by atoms with Crippen LogP contribution in [-0.2, 0) is 0 Å². The summed E-state index contributed by atoms with van der Waals surface area (Å²) in [6.45, 7) is 4.06. The Labute approximate surface area is 182 Å². The van der Waals surface area contributed by atoms with Gasteiger partial charge in [0.05, 0.1) is 37.8 Å². The Hall–Kier alpha value is -2.54. The van der Waals surface area contributed by atoms with E-state index in [0.717, 1.165) is 5.56 Å². The molecule has 3 aromatic rings. The van der Waals surface area contributed by atoms with E-state index in [4.69, 9.17) is 27.9 Å². The van der Waals surface area contributed by atoms with Crippen molar-refractivity contribution in [3.05, 3.63) is 74.6 Å². The van der Waals surface area contributed by atoms with Gasteiger partial charge >= 0.3 is 0 Å². The number of carbonyl (C=O) groups excluding carboxylic acids is 2. The summed E-state index contributed by atoms with van der Waals surface area (Å²) in [6, 6.07) is 13.7. The second-order valence-electron chi connectivity index (χ2n) is 6.06. The van der Waals surface area contributed by atoms with Gasteiger partial charge in [0.2, 0.25) is 0 Å². The van der Waals surface area contributed by atoms with E-state index in [1.807, 2.05) is 6.92 Å². The predicted octanol–water partition coefficient (Wildman–Crippen LogP) is 6.27. The van der Waals surface area contributed by atoms with Crippen molar-refractivity contribution in [2.75, 3.05) is 17.2 Å². The molecule has 2 amide bonds. The van der Waals surface area contributed by atoms with Crippen molar-refractivity contribution in [1.29, 1.82) is 0 Å². The summed E-state index contributed by atoms with van der Waals surface area (Å²) in [5.41, 5.74) is 1.59. The van der Waals surface area contributed by atoms with Gasteiger partial charge in [-0.15, -0.1) is 11.3 Å². The fourth-order valence-corrected chi connectivity index (χ4v) is 4.08. The van der Waals surface area contributed by atoms with Gasteiger partial charge in [0.25, 0.3) is 11.8 Å². The van der Waals surface area contributed by atoms with Crippen LogP contribution in [-0.4, -0.2) is 18.4 Å². The average molecular weight is 449 g/mol. The second-order valence-corrected chi connectivity index (χ2v) is 7.93. The fourth-order valence-electron chi connectivity index (χ4n) is 2.67. The van der Waals surface area contributed by atoms with E-state index in [1.54, 1.807) is 55.5 Å². The van der Waals surface area contributed by atoms with Crippen molar-refractivity contribution in [3.8, 4) is 5.75 Å². The molecule has 2 aromatic carbocycles. The van der Waals surface area contributed by atoms with Crippen LogP contribution in [0, 0.1) is 6.92 Å². The zero-order chi connectivity index (χ0) is 21.0. The molecule has 0 fully saturated rings. The second kappa shape index (κ2) is 9.31. The predicted molar refractivity (Wildman–Crippen MR) is 119 cm³/mol. The van der Waals surface area contributed by atoms with Crippen molar-refractivity contribution in [1.82, 2.24) is 0 Å². The lowest BCUT2D eigenvalue weighted by Gasteiger charge is -2.12. The highest BCUT2D eigenvalue weighted by molar-refractivity contribution is 7.18. The number of amides is 2. The summed E-state index contributed by atoms with van der Waals surface area (Å²) in [7, 11) is 0. The molecule has 3 rings (SSSR count). The van der Waals surface area contributed by atoms with Gasteiger partial charge in [-0.05, 0) is 49.7 Å². The molecule has 29 heavy (non-hydrogen) atoms. The highest BCUT2D eigenvalue weighted by atomic mass is 35.5. The van der Waals surface area contributed by atoms with Crippen molar-refractivity contribution in [3.63, 3.8) is 0 Å². The number of ether oxygens (including phenoxy) is 1. The number of para-hydroxylation sites is 1. The molecule has 8 heteroatoms. The van der Waals surface area contributed by atoms with Gasteiger partial charge in [0.15, 0.2) is 5.75 Å². The lowest BCUT2D eigenvalue weighted by Crippen LogP contribution is -2.13. The van der Waals surface area contributed by atoms with E-state index >= 15 is 0 Å². The fraction of sp³-hybridized carbons (Fsp3) is 0.143. The van der Waals surface area contributed by atoms with Crippen LogP contribution in [0.5, 0.6) is 5.75 Å². The van der Waals surface area contributed by atoms with Gasteiger partial charge in [-0.3, -0.25) is 9.59 Å². The Kier molecular flexibility index (Phi) is 6.79. The van der Waals surface area contributed by atoms with E-state index in [9.17, 15) is 9.59 Å². The monoisotopic (exact) mass is 448 g/mol. The molecule has 0 unspecified atom stereocenters. The van der Waals surface area contributed by atoms with E-state index in [0.29, 0.717) is 43.5 Å². The molecular formula is C21H18Cl2N2O3S. The smallest absolute Gasteiger partial charge is 0.266 e. The number of benzene rings is 2. The standard InChI is InChI=1S/C21H18Cl2N2O3S/c1-3-28-18-15(23)9-6-10-16(18)24-21(27)19-12(2)11-17(29-19)25-20(26)13-7-4-5-8-14(13)22/h4-11H,3H2,1-2H3,(H,24,27)(H,25,26). The number of anilines is 2. The first-order valence-corrected chi connectivity index (χ1v) is 10.4. The van der Waals surface area contributed by atoms with Gasteiger partial charge in [0.1, 0.15) is 0 Å². The van der Waals surface area contributed by atoms with Crippen LogP contribution in [0.15, 0.2) is 48.5 Å².